The summed E-state index contributed by atoms with van der Waals surface area (Å²) in [6.07, 6.45) is 0. The van der Waals surface area contributed by atoms with E-state index in [4.69, 9.17) is 4.74 Å². The summed E-state index contributed by atoms with van der Waals surface area (Å²) >= 11 is 3.00. The van der Waals surface area contributed by atoms with E-state index < -0.39 is 15.8 Å². The van der Waals surface area contributed by atoms with E-state index in [1.807, 2.05) is 0 Å². The Hall–Kier alpha value is -0.540. The smallest absolute Gasteiger partial charge is 0.240 e. The molecule has 0 aromatic heterocycles. The van der Waals surface area contributed by atoms with Gasteiger partial charge in [-0.15, -0.1) is 0 Å². The van der Waals surface area contributed by atoms with Gasteiger partial charge in [0.2, 0.25) is 10.0 Å². The van der Waals surface area contributed by atoms with Crippen LogP contribution in [0.1, 0.15) is 6.92 Å². The molecule has 0 radical (unpaired) electrons. The van der Waals surface area contributed by atoms with E-state index in [2.05, 4.69) is 25.6 Å². The molecule has 21 heavy (non-hydrogen) atoms. The van der Waals surface area contributed by atoms with E-state index in [0.29, 0.717) is 19.8 Å². The standard InChI is InChI=1S/C13H18BrFN2O3S/c1-10(9-17-4-6-20-7-5-17)16-21(18,19)11-2-3-12(14)13(15)8-11/h2-3,8,10,16H,4-7,9H2,1H3. The Balaban J connectivity index is 2.00. The van der Waals surface area contributed by atoms with Gasteiger partial charge in [0, 0.05) is 25.7 Å². The number of sulfonamides is 1. The highest BCUT2D eigenvalue weighted by atomic mass is 79.9. The number of rotatable bonds is 5. The second-order valence-corrected chi connectivity index (χ2v) is 7.58. The fourth-order valence-electron chi connectivity index (χ4n) is 2.19. The Bertz CT molecular complexity index is 591. The summed E-state index contributed by atoms with van der Waals surface area (Å²) in [4.78, 5) is 2.07. The average Bonchev–Trinajstić information content (AvgIpc) is 2.42. The minimum absolute atomic E-state index is 0.0722. The molecule has 1 unspecified atom stereocenters. The van der Waals surface area contributed by atoms with Crippen LogP contribution in [0.2, 0.25) is 0 Å². The minimum atomic E-state index is -3.72. The highest BCUT2D eigenvalue weighted by Gasteiger charge is 2.21. The maximum Gasteiger partial charge on any atom is 0.240 e. The van der Waals surface area contributed by atoms with Gasteiger partial charge in [-0.05, 0) is 41.1 Å². The van der Waals surface area contributed by atoms with Crippen molar-refractivity contribution in [2.75, 3.05) is 32.8 Å². The Morgan fingerprint density at radius 3 is 2.71 bits per heavy atom. The van der Waals surface area contributed by atoms with E-state index in [1.54, 1.807) is 6.92 Å². The molecule has 1 saturated heterocycles. The molecule has 0 spiro atoms. The highest BCUT2D eigenvalue weighted by Crippen LogP contribution is 2.19. The second kappa shape index (κ2) is 7.15. The molecule has 1 aromatic rings. The molecular weight excluding hydrogens is 363 g/mol. The van der Waals surface area contributed by atoms with E-state index in [0.717, 1.165) is 19.2 Å². The van der Waals surface area contributed by atoms with Crippen molar-refractivity contribution in [3.8, 4) is 0 Å². The molecule has 1 N–H and O–H groups in total. The van der Waals surface area contributed by atoms with Crippen LogP contribution < -0.4 is 4.72 Å². The van der Waals surface area contributed by atoms with Gasteiger partial charge in [0.1, 0.15) is 5.82 Å². The van der Waals surface area contributed by atoms with E-state index in [1.165, 1.54) is 12.1 Å². The molecule has 1 aliphatic rings. The first kappa shape index (κ1) is 16.8. The Kier molecular flexibility index (Phi) is 5.73. The topological polar surface area (TPSA) is 58.6 Å². The lowest BCUT2D eigenvalue weighted by atomic mass is 10.3. The monoisotopic (exact) mass is 380 g/mol. The van der Waals surface area contributed by atoms with E-state index in [9.17, 15) is 12.8 Å². The summed E-state index contributed by atoms with van der Waals surface area (Å²) < 4.78 is 45.9. The van der Waals surface area contributed by atoms with Gasteiger partial charge < -0.3 is 4.74 Å². The number of halogens is 2. The summed E-state index contributed by atoms with van der Waals surface area (Å²) in [6.45, 7) is 5.30. The summed E-state index contributed by atoms with van der Waals surface area (Å²) in [7, 11) is -3.72. The fraction of sp³-hybridized carbons (Fsp3) is 0.538. The lowest BCUT2D eigenvalue weighted by Gasteiger charge is -2.29. The number of morpholine rings is 1. The first-order valence-corrected chi connectivity index (χ1v) is 8.93. The normalized spacial score (nSPS) is 18.6. The molecular formula is C13H18BrFN2O3S. The third-order valence-corrected chi connectivity index (χ3v) is 5.42. The van der Waals surface area contributed by atoms with Crippen LogP contribution in [-0.4, -0.2) is 52.2 Å². The Morgan fingerprint density at radius 1 is 1.43 bits per heavy atom. The largest absolute Gasteiger partial charge is 0.379 e. The molecule has 0 aliphatic carbocycles. The zero-order valence-electron chi connectivity index (χ0n) is 11.7. The lowest BCUT2D eigenvalue weighted by Crippen LogP contribution is -2.45. The first-order chi connectivity index (χ1) is 9.88. The second-order valence-electron chi connectivity index (χ2n) is 5.01. The Labute approximate surface area is 132 Å². The number of benzene rings is 1. The predicted octanol–water partition coefficient (Wildman–Crippen LogP) is 1.59. The van der Waals surface area contributed by atoms with Crippen LogP contribution in [0.25, 0.3) is 0 Å². The summed E-state index contributed by atoms with van der Waals surface area (Å²) in [5.41, 5.74) is 0. The zero-order chi connectivity index (χ0) is 15.5. The number of nitrogens with zero attached hydrogens (tertiary/aromatic N) is 1. The molecule has 118 valence electrons. The first-order valence-electron chi connectivity index (χ1n) is 6.66. The molecule has 1 fully saturated rings. The maximum absolute atomic E-state index is 13.5. The van der Waals surface area contributed by atoms with Gasteiger partial charge in [0.05, 0.1) is 22.6 Å². The SMILES string of the molecule is CC(CN1CCOCC1)NS(=O)(=O)c1ccc(Br)c(F)c1. The molecule has 1 atom stereocenters. The molecule has 2 rings (SSSR count). The quantitative estimate of drug-likeness (QED) is 0.842. The molecule has 1 aromatic carbocycles. The van der Waals surface area contributed by atoms with Gasteiger partial charge in [0.15, 0.2) is 0 Å². The van der Waals surface area contributed by atoms with Crippen molar-refractivity contribution in [1.29, 1.82) is 0 Å². The predicted molar refractivity (Wildman–Crippen MR) is 81.1 cm³/mol. The van der Waals surface area contributed by atoms with Gasteiger partial charge in [-0.3, -0.25) is 4.90 Å². The molecule has 1 aliphatic heterocycles. The lowest BCUT2D eigenvalue weighted by molar-refractivity contribution is 0.0354. The van der Waals surface area contributed by atoms with Crippen molar-refractivity contribution in [2.24, 2.45) is 0 Å². The number of hydrogen-bond donors (Lipinski definition) is 1. The fourth-order valence-corrected chi connectivity index (χ4v) is 3.68. The maximum atomic E-state index is 13.5. The van der Waals surface area contributed by atoms with Crippen LogP contribution in [0.15, 0.2) is 27.6 Å². The summed E-state index contributed by atoms with van der Waals surface area (Å²) in [5, 5.41) is 0. The number of hydrogen-bond acceptors (Lipinski definition) is 4. The van der Waals surface area contributed by atoms with Gasteiger partial charge in [-0.25, -0.2) is 17.5 Å². The molecule has 1 heterocycles. The molecule has 8 heteroatoms. The van der Waals surface area contributed by atoms with Crippen LogP contribution >= 0.6 is 15.9 Å². The van der Waals surface area contributed by atoms with E-state index >= 15 is 0 Å². The minimum Gasteiger partial charge on any atom is -0.379 e. The van der Waals surface area contributed by atoms with Crippen molar-refractivity contribution in [1.82, 2.24) is 9.62 Å². The number of nitrogens with one attached hydrogen (secondary N) is 1. The summed E-state index contributed by atoms with van der Waals surface area (Å²) in [5.74, 6) is -0.598. The number of ether oxygens (including phenoxy) is 1. The third kappa shape index (κ3) is 4.72. The van der Waals surface area contributed by atoms with Gasteiger partial charge in [0.25, 0.3) is 0 Å². The van der Waals surface area contributed by atoms with Crippen molar-refractivity contribution >= 4 is 26.0 Å². The van der Waals surface area contributed by atoms with Crippen molar-refractivity contribution in [3.05, 3.63) is 28.5 Å². The van der Waals surface area contributed by atoms with Crippen LogP contribution in [0.3, 0.4) is 0 Å². The van der Waals surface area contributed by atoms with Crippen molar-refractivity contribution in [2.45, 2.75) is 17.9 Å². The van der Waals surface area contributed by atoms with Crippen LogP contribution in [0.4, 0.5) is 4.39 Å². The van der Waals surface area contributed by atoms with Gasteiger partial charge in [-0.1, -0.05) is 0 Å². The summed E-state index contributed by atoms with van der Waals surface area (Å²) in [6, 6.07) is 3.50. The highest BCUT2D eigenvalue weighted by molar-refractivity contribution is 9.10. The van der Waals surface area contributed by atoms with Crippen molar-refractivity contribution < 1.29 is 17.5 Å². The average molecular weight is 381 g/mol. The van der Waals surface area contributed by atoms with Crippen LogP contribution in [-0.2, 0) is 14.8 Å². The van der Waals surface area contributed by atoms with Crippen LogP contribution in [0.5, 0.6) is 0 Å². The Morgan fingerprint density at radius 2 is 2.10 bits per heavy atom. The third-order valence-electron chi connectivity index (χ3n) is 3.19. The zero-order valence-corrected chi connectivity index (χ0v) is 14.1. The van der Waals surface area contributed by atoms with Gasteiger partial charge in [-0.2, -0.15) is 0 Å². The van der Waals surface area contributed by atoms with Crippen LogP contribution in [0, 0.1) is 5.82 Å². The molecule has 0 bridgehead atoms. The molecule has 0 amide bonds. The molecule has 5 nitrogen and oxygen atoms in total. The van der Waals surface area contributed by atoms with Crippen molar-refractivity contribution in [3.63, 3.8) is 0 Å². The van der Waals surface area contributed by atoms with E-state index in [-0.39, 0.29) is 15.4 Å². The van der Waals surface area contributed by atoms with Gasteiger partial charge >= 0.3 is 0 Å². The molecule has 0 saturated carbocycles.